The zero-order chi connectivity index (χ0) is 26.6. The van der Waals surface area contributed by atoms with E-state index in [0.717, 1.165) is 61.2 Å². The van der Waals surface area contributed by atoms with E-state index in [1.54, 1.807) is 12.3 Å². The van der Waals surface area contributed by atoms with Crippen LogP contribution in [0.5, 0.6) is 5.75 Å². The Morgan fingerprint density at radius 3 is 2.64 bits per heavy atom. The quantitative estimate of drug-likeness (QED) is 0.241. The van der Waals surface area contributed by atoms with Gasteiger partial charge < -0.3 is 9.26 Å². The second-order valence-electron chi connectivity index (χ2n) is 11.5. The molecule has 0 N–H and O–H groups in total. The van der Waals surface area contributed by atoms with Crippen molar-refractivity contribution in [1.82, 2.24) is 15.4 Å². The summed E-state index contributed by atoms with van der Waals surface area (Å²) in [7, 11) is 0. The van der Waals surface area contributed by atoms with E-state index in [0.29, 0.717) is 35.2 Å². The first-order valence-electron chi connectivity index (χ1n) is 13.6. The fraction of sp³-hybridized carbons (Fsp3) is 0.387. The summed E-state index contributed by atoms with van der Waals surface area (Å²) in [4.78, 5) is 0. The molecule has 4 aromatic rings. The van der Waals surface area contributed by atoms with Gasteiger partial charge in [0.1, 0.15) is 17.2 Å². The highest BCUT2D eigenvalue weighted by atomic mass is 19.4. The van der Waals surface area contributed by atoms with Crippen molar-refractivity contribution < 1.29 is 22.4 Å². The van der Waals surface area contributed by atoms with Crippen LogP contribution in [0.4, 0.5) is 13.2 Å². The van der Waals surface area contributed by atoms with Gasteiger partial charge in [0.15, 0.2) is 0 Å². The molecule has 0 unspecified atom stereocenters. The zero-order valence-electron chi connectivity index (χ0n) is 21.3. The van der Waals surface area contributed by atoms with E-state index in [4.69, 9.17) is 9.26 Å². The summed E-state index contributed by atoms with van der Waals surface area (Å²) >= 11 is 0. The second kappa shape index (κ2) is 9.21. The molecule has 0 saturated heterocycles. The molecule has 1 spiro atoms. The van der Waals surface area contributed by atoms with Gasteiger partial charge in [0, 0.05) is 28.5 Å². The lowest BCUT2D eigenvalue weighted by molar-refractivity contribution is -0.137. The Bertz CT molecular complexity index is 1540. The minimum absolute atomic E-state index is 0.0747. The van der Waals surface area contributed by atoms with E-state index in [1.165, 1.54) is 12.1 Å². The Labute approximate surface area is 224 Å². The predicted octanol–water partition coefficient (Wildman–Crippen LogP) is 8.08. The fourth-order valence-corrected chi connectivity index (χ4v) is 6.54. The van der Waals surface area contributed by atoms with Crippen molar-refractivity contribution in [3.63, 3.8) is 0 Å². The van der Waals surface area contributed by atoms with Crippen LogP contribution in [0.25, 0.3) is 28.2 Å². The van der Waals surface area contributed by atoms with E-state index in [1.807, 2.05) is 30.3 Å². The summed E-state index contributed by atoms with van der Waals surface area (Å²) in [5.74, 6) is 2.74. The van der Waals surface area contributed by atoms with Crippen molar-refractivity contribution in [1.29, 1.82) is 0 Å². The van der Waals surface area contributed by atoms with Crippen LogP contribution < -0.4 is 4.74 Å². The van der Waals surface area contributed by atoms with Crippen molar-refractivity contribution in [3.05, 3.63) is 77.7 Å². The van der Waals surface area contributed by atoms with E-state index < -0.39 is 11.7 Å². The molecule has 2 aromatic heterocycles. The minimum Gasteiger partial charge on any atom is -0.493 e. The monoisotopic (exact) mass is 531 g/mol. The summed E-state index contributed by atoms with van der Waals surface area (Å²) < 4.78 is 52.8. The number of nitrogens with zero attached hydrogens (tertiary/aromatic N) is 3. The molecule has 0 amide bonds. The number of ether oxygens (including phenoxy) is 1. The standard InChI is InChI=1S/C31H28F3N3O2/c32-31(33,34)26-4-2-1-3-24(26)28-25(29(39-37-28)22-6-7-22)10-5-19-14-30(15-19)16-20(17-30)18-38-23-9-8-21-11-12-35-36-27(21)13-23/h1-5,8-13,19-20,22H,6-7,14-18H2/b10-5+. The van der Waals surface area contributed by atoms with Gasteiger partial charge in [0.05, 0.1) is 23.9 Å². The van der Waals surface area contributed by atoms with E-state index in [9.17, 15) is 13.2 Å². The van der Waals surface area contributed by atoms with Gasteiger partial charge in [-0.1, -0.05) is 35.5 Å². The van der Waals surface area contributed by atoms with E-state index >= 15 is 0 Å². The highest BCUT2D eigenvalue weighted by molar-refractivity contribution is 5.79. The van der Waals surface area contributed by atoms with Gasteiger partial charge >= 0.3 is 6.18 Å². The largest absolute Gasteiger partial charge is 0.493 e. The van der Waals surface area contributed by atoms with Crippen LogP contribution in [0.15, 0.2) is 65.3 Å². The summed E-state index contributed by atoms with van der Waals surface area (Å²) in [6.45, 7) is 0.696. The Hall–Kier alpha value is -3.68. The summed E-state index contributed by atoms with van der Waals surface area (Å²) in [6, 6.07) is 13.5. The Balaban J connectivity index is 0.987. The van der Waals surface area contributed by atoms with Gasteiger partial charge in [0.2, 0.25) is 0 Å². The Morgan fingerprint density at radius 2 is 1.85 bits per heavy atom. The van der Waals surface area contributed by atoms with Crippen molar-refractivity contribution in [2.75, 3.05) is 6.61 Å². The molecule has 3 aliphatic carbocycles. The van der Waals surface area contributed by atoms with Crippen LogP contribution in [-0.2, 0) is 6.18 Å². The molecule has 200 valence electrons. The number of alkyl halides is 3. The van der Waals surface area contributed by atoms with Crippen molar-refractivity contribution in [3.8, 4) is 17.0 Å². The SMILES string of the molecule is FC(F)(F)c1ccccc1-c1noc(C2CC2)c1/C=C/C1CC2(C1)CC(COc1ccc3ccnnc3c1)C2. The third-order valence-corrected chi connectivity index (χ3v) is 8.53. The van der Waals surface area contributed by atoms with Crippen LogP contribution in [0.2, 0.25) is 0 Å². The smallest absolute Gasteiger partial charge is 0.417 e. The number of benzene rings is 2. The molecule has 8 heteroatoms. The molecule has 0 radical (unpaired) electrons. The van der Waals surface area contributed by atoms with Crippen LogP contribution in [0.1, 0.15) is 61.3 Å². The third-order valence-electron chi connectivity index (χ3n) is 8.53. The zero-order valence-corrected chi connectivity index (χ0v) is 21.3. The van der Waals surface area contributed by atoms with E-state index in [-0.39, 0.29) is 17.2 Å². The Kier molecular flexibility index (Phi) is 5.75. The fourth-order valence-electron chi connectivity index (χ4n) is 6.54. The molecule has 3 fully saturated rings. The topological polar surface area (TPSA) is 61.0 Å². The summed E-state index contributed by atoms with van der Waals surface area (Å²) in [5, 5.41) is 13.3. The van der Waals surface area contributed by atoms with Crippen molar-refractivity contribution in [2.45, 2.75) is 50.6 Å². The molecule has 0 aliphatic heterocycles. The van der Waals surface area contributed by atoms with Crippen LogP contribution in [0.3, 0.4) is 0 Å². The number of allylic oxidation sites excluding steroid dienone is 1. The molecular weight excluding hydrogens is 503 g/mol. The molecule has 0 bridgehead atoms. The van der Waals surface area contributed by atoms with Gasteiger partial charge in [-0.2, -0.15) is 23.4 Å². The van der Waals surface area contributed by atoms with Gasteiger partial charge in [-0.3, -0.25) is 0 Å². The minimum atomic E-state index is -4.45. The van der Waals surface area contributed by atoms with Crippen molar-refractivity contribution >= 4 is 17.0 Å². The molecular formula is C31H28F3N3O2. The van der Waals surface area contributed by atoms with Crippen molar-refractivity contribution in [2.24, 2.45) is 17.3 Å². The van der Waals surface area contributed by atoms with Crippen LogP contribution in [-0.4, -0.2) is 22.0 Å². The number of hydrogen-bond acceptors (Lipinski definition) is 5. The highest BCUT2D eigenvalue weighted by Crippen LogP contribution is 2.61. The second-order valence-corrected chi connectivity index (χ2v) is 11.5. The van der Waals surface area contributed by atoms with Crippen LogP contribution in [0, 0.1) is 17.3 Å². The lowest BCUT2D eigenvalue weighted by Gasteiger charge is -2.57. The van der Waals surface area contributed by atoms with E-state index in [2.05, 4.69) is 21.4 Å². The highest BCUT2D eigenvalue weighted by Gasteiger charge is 2.52. The molecule has 5 nitrogen and oxygen atoms in total. The number of fused-ring (bicyclic) bond motifs is 1. The molecule has 3 saturated carbocycles. The van der Waals surface area contributed by atoms with Gasteiger partial charge in [-0.25, -0.2) is 0 Å². The number of halogens is 3. The van der Waals surface area contributed by atoms with Crippen LogP contribution >= 0.6 is 0 Å². The average Bonchev–Trinajstić information content (AvgIpc) is 3.65. The first-order chi connectivity index (χ1) is 18.9. The molecule has 0 atom stereocenters. The number of aromatic nitrogens is 3. The normalized spacial score (nSPS) is 24.7. The number of rotatable bonds is 7. The predicted molar refractivity (Wildman–Crippen MR) is 141 cm³/mol. The summed E-state index contributed by atoms with van der Waals surface area (Å²) in [6.07, 6.45) is 7.82. The molecule has 39 heavy (non-hydrogen) atoms. The lowest BCUT2D eigenvalue weighted by Crippen LogP contribution is -2.48. The average molecular weight is 532 g/mol. The first-order valence-corrected chi connectivity index (χ1v) is 13.6. The maximum Gasteiger partial charge on any atom is 0.417 e. The molecule has 7 rings (SSSR count). The van der Waals surface area contributed by atoms with Gasteiger partial charge in [0.25, 0.3) is 0 Å². The summed E-state index contributed by atoms with van der Waals surface area (Å²) in [5.41, 5.74) is 1.59. The third kappa shape index (κ3) is 4.70. The number of hydrogen-bond donors (Lipinski definition) is 0. The lowest BCUT2D eigenvalue weighted by atomic mass is 9.48. The molecule has 2 aromatic carbocycles. The molecule has 2 heterocycles. The maximum absolute atomic E-state index is 13.7. The molecule has 3 aliphatic rings. The van der Waals surface area contributed by atoms with Gasteiger partial charge in [-0.15, -0.1) is 0 Å². The maximum atomic E-state index is 13.7. The Morgan fingerprint density at radius 1 is 1.03 bits per heavy atom. The van der Waals surface area contributed by atoms with Gasteiger partial charge in [-0.05, 0) is 80.0 Å². The first kappa shape index (κ1) is 24.4.